The molecule has 0 radical (unpaired) electrons. The van der Waals surface area contributed by atoms with Crippen LogP contribution in [0, 0.1) is 0 Å². The molecular formula is C24H42O4. The molecule has 1 aromatic rings. The van der Waals surface area contributed by atoms with E-state index in [1.807, 2.05) is 0 Å². The monoisotopic (exact) mass is 394 g/mol. The zero-order chi connectivity index (χ0) is 21.6. The van der Waals surface area contributed by atoms with Gasteiger partial charge in [0.05, 0.1) is 11.1 Å². The van der Waals surface area contributed by atoms with Crippen LogP contribution in [0.2, 0.25) is 0 Å². The van der Waals surface area contributed by atoms with Crippen molar-refractivity contribution < 1.29 is 19.8 Å². The first-order valence-corrected chi connectivity index (χ1v) is 11.0. The Bertz CT molecular complexity index is 440. The van der Waals surface area contributed by atoms with Crippen LogP contribution in [0.4, 0.5) is 0 Å². The van der Waals surface area contributed by atoms with Crippen molar-refractivity contribution in [2.45, 2.75) is 105 Å². The van der Waals surface area contributed by atoms with Crippen molar-refractivity contribution in [2.24, 2.45) is 0 Å². The van der Waals surface area contributed by atoms with Crippen LogP contribution in [-0.2, 0) is 0 Å². The van der Waals surface area contributed by atoms with Gasteiger partial charge in [-0.25, -0.2) is 9.59 Å². The molecule has 0 spiro atoms. The Hall–Kier alpha value is -1.84. The van der Waals surface area contributed by atoms with Crippen molar-refractivity contribution in [3.63, 3.8) is 0 Å². The summed E-state index contributed by atoms with van der Waals surface area (Å²) in [7, 11) is 0. The number of rotatable bonds is 12. The molecule has 162 valence electrons. The summed E-state index contributed by atoms with van der Waals surface area (Å²) in [5.74, 6) is -2.46. The normalized spacial score (nSPS) is 9.57. The van der Waals surface area contributed by atoms with E-state index < -0.39 is 11.9 Å². The van der Waals surface area contributed by atoms with Gasteiger partial charge in [-0.3, -0.25) is 0 Å². The van der Waals surface area contributed by atoms with E-state index in [-0.39, 0.29) is 11.1 Å². The van der Waals surface area contributed by atoms with Crippen LogP contribution in [0.25, 0.3) is 0 Å². The summed E-state index contributed by atoms with van der Waals surface area (Å²) in [6.45, 7) is 9.02. The van der Waals surface area contributed by atoms with Crippen LogP contribution < -0.4 is 0 Å². The third-order valence-corrected chi connectivity index (χ3v) is 4.30. The summed E-state index contributed by atoms with van der Waals surface area (Å²) in [6, 6.07) is 5.48. The largest absolute Gasteiger partial charge is 0.478 e. The van der Waals surface area contributed by atoms with Crippen LogP contribution in [-0.4, -0.2) is 22.2 Å². The Kier molecular flexibility index (Phi) is 21.7. The molecule has 4 nitrogen and oxygen atoms in total. The second kappa shape index (κ2) is 21.5. The Balaban J connectivity index is 0. The van der Waals surface area contributed by atoms with Gasteiger partial charge < -0.3 is 10.2 Å². The van der Waals surface area contributed by atoms with E-state index in [1.165, 1.54) is 101 Å². The summed E-state index contributed by atoms with van der Waals surface area (Å²) >= 11 is 0. The minimum Gasteiger partial charge on any atom is -0.478 e. The predicted molar refractivity (Wildman–Crippen MR) is 118 cm³/mol. The lowest BCUT2D eigenvalue weighted by atomic mass is 10.1. The molecule has 0 bridgehead atoms. The first kappa shape index (κ1) is 28.4. The second-order valence-corrected chi connectivity index (χ2v) is 6.98. The van der Waals surface area contributed by atoms with Crippen LogP contribution in [0.1, 0.15) is 125 Å². The van der Waals surface area contributed by atoms with E-state index in [1.54, 1.807) is 0 Å². The number of unbranched alkanes of at least 4 members (excludes halogenated alkanes) is 10. The topological polar surface area (TPSA) is 74.6 Å². The van der Waals surface area contributed by atoms with Crippen LogP contribution in [0.15, 0.2) is 24.3 Å². The van der Waals surface area contributed by atoms with Gasteiger partial charge in [0.1, 0.15) is 0 Å². The van der Waals surface area contributed by atoms with Gasteiger partial charge in [-0.15, -0.1) is 0 Å². The predicted octanol–water partition coefficient (Wildman–Crippen LogP) is 7.82. The van der Waals surface area contributed by atoms with E-state index >= 15 is 0 Å². The average Bonchev–Trinajstić information content (AvgIpc) is 2.69. The minimum atomic E-state index is -1.23. The summed E-state index contributed by atoms with van der Waals surface area (Å²) in [5.41, 5.74) is -0.380. The van der Waals surface area contributed by atoms with Crippen molar-refractivity contribution in [3.05, 3.63) is 35.4 Å². The van der Waals surface area contributed by atoms with Crippen molar-refractivity contribution >= 4 is 11.9 Å². The van der Waals surface area contributed by atoms with Crippen LogP contribution in [0.3, 0.4) is 0 Å². The lowest BCUT2D eigenvalue weighted by Crippen LogP contribution is -2.06. The van der Waals surface area contributed by atoms with Crippen molar-refractivity contribution in [3.8, 4) is 0 Å². The molecule has 0 amide bonds. The third-order valence-electron chi connectivity index (χ3n) is 4.30. The van der Waals surface area contributed by atoms with Gasteiger partial charge in [0.25, 0.3) is 0 Å². The van der Waals surface area contributed by atoms with Crippen molar-refractivity contribution in [1.82, 2.24) is 0 Å². The highest BCUT2D eigenvalue weighted by Gasteiger charge is 2.13. The Labute approximate surface area is 172 Å². The molecule has 0 fully saturated rings. The molecule has 1 aromatic carbocycles. The number of hydrogen-bond donors (Lipinski definition) is 2. The molecule has 0 atom stereocenters. The van der Waals surface area contributed by atoms with Gasteiger partial charge in [0.2, 0.25) is 0 Å². The third kappa shape index (κ3) is 17.6. The Morgan fingerprint density at radius 2 is 0.821 bits per heavy atom. The number of carbonyl (C=O) groups is 2. The van der Waals surface area contributed by atoms with Gasteiger partial charge in [0.15, 0.2) is 0 Å². The summed E-state index contributed by atoms with van der Waals surface area (Å²) in [6.07, 6.45) is 17.0. The number of carboxylic acids is 2. The minimum absolute atomic E-state index is 0.190. The molecule has 0 saturated carbocycles. The number of benzene rings is 1. The van der Waals surface area contributed by atoms with E-state index in [9.17, 15) is 9.59 Å². The lowest BCUT2D eigenvalue weighted by molar-refractivity contribution is 0.0651. The quantitative estimate of drug-likeness (QED) is 0.354. The molecule has 0 heterocycles. The zero-order valence-corrected chi connectivity index (χ0v) is 18.5. The molecule has 2 N–H and O–H groups in total. The maximum atomic E-state index is 10.5. The van der Waals surface area contributed by atoms with E-state index in [4.69, 9.17) is 10.2 Å². The molecule has 0 aliphatic rings. The molecule has 0 aromatic heterocycles. The first-order valence-electron chi connectivity index (χ1n) is 11.0. The second-order valence-electron chi connectivity index (χ2n) is 6.98. The number of hydrogen-bond acceptors (Lipinski definition) is 2. The number of carboxylic acid groups (broad SMARTS) is 2. The maximum Gasteiger partial charge on any atom is 0.336 e. The summed E-state index contributed by atoms with van der Waals surface area (Å²) in [5, 5.41) is 17.1. The van der Waals surface area contributed by atoms with Crippen molar-refractivity contribution in [1.29, 1.82) is 0 Å². The number of aromatic carboxylic acids is 2. The molecule has 4 heteroatoms. The van der Waals surface area contributed by atoms with E-state index in [2.05, 4.69) is 27.7 Å². The summed E-state index contributed by atoms with van der Waals surface area (Å²) in [4.78, 5) is 20.9. The molecule has 0 aliphatic carbocycles. The smallest absolute Gasteiger partial charge is 0.336 e. The summed E-state index contributed by atoms with van der Waals surface area (Å²) < 4.78 is 0. The molecule has 0 aliphatic heterocycles. The van der Waals surface area contributed by atoms with Gasteiger partial charge in [-0.05, 0) is 12.1 Å². The molecule has 28 heavy (non-hydrogen) atoms. The van der Waals surface area contributed by atoms with E-state index in [0.29, 0.717) is 0 Å². The molecule has 0 unspecified atom stereocenters. The highest BCUT2D eigenvalue weighted by Crippen LogP contribution is 2.08. The fourth-order valence-electron chi connectivity index (χ4n) is 2.56. The van der Waals surface area contributed by atoms with Crippen molar-refractivity contribution in [2.75, 3.05) is 0 Å². The van der Waals surface area contributed by atoms with E-state index in [0.717, 1.165) is 0 Å². The average molecular weight is 395 g/mol. The van der Waals surface area contributed by atoms with Gasteiger partial charge in [0, 0.05) is 0 Å². The highest BCUT2D eigenvalue weighted by atomic mass is 16.4. The van der Waals surface area contributed by atoms with Crippen LogP contribution >= 0.6 is 0 Å². The molecular weight excluding hydrogens is 352 g/mol. The Morgan fingerprint density at radius 3 is 1.00 bits per heavy atom. The standard InChI is InChI=1S/C8H6O4.2C8H18/c9-7(10)5-3-1-2-4-6(5)8(11)12;2*1-3-5-7-8-6-4-2/h1-4H,(H,9,10)(H,11,12);2*3-8H2,1-2H3. The highest BCUT2D eigenvalue weighted by molar-refractivity contribution is 6.01. The molecule has 0 saturated heterocycles. The fourth-order valence-corrected chi connectivity index (χ4v) is 2.56. The lowest BCUT2D eigenvalue weighted by Gasteiger charge is -1.98. The first-order chi connectivity index (χ1) is 13.5. The fraction of sp³-hybridized carbons (Fsp3) is 0.667. The SMILES string of the molecule is CCCCCCCC.CCCCCCCC.O=C(O)c1ccccc1C(=O)O. The van der Waals surface area contributed by atoms with Crippen LogP contribution in [0.5, 0.6) is 0 Å². The van der Waals surface area contributed by atoms with Gasteiger partial charge >= 0.3 is 11.9 Å². The Morgan fingerprint density at radius 1 is 0.571 bits per heavy atom. The maximum absolute atomic E-state index is 10.5. The zero-order valence-electron chi connectivity index (χ0n) is 18.5. The van der Waals surface area contributed by atoms with Gasteiger partial charge in [-0.1, -0.05) is 117 Å². The van der Waals surface area contributed by atoms with Gasteiger partial charge in [-0.2, -0.15) is 0 Å². The molecule has 1 rings (SSSR count).